The predicted octanol–water partition coefficient (Wildman–Crippen LogP) is 2.45. The third-order valence-corrected chi connectivity index (χ3v) is 5.20. The monoisotopic (exact) mass is 317 g/mol. The molecule has 118 valence electrons. The maximum Gasteiger partial charge on any atom is 0.123 e. The van der Waals surface area contributed by atoms with Crippen molar-refractivity contribution in [2.45, 2.75) is 25.5 Å². The molecular formula is C17H23N3OS. The number of hydrogen-bond acceptors (Lipinski definition) is 5. The van der Waals surface area contributed by atoms with Crippen LogP contribution in [0, 0.1) is 6.92 Å². The number of likely N-dealkylation sites (tertiary alicyclic amines) is 1. The van der Waals surface area contributed by atoms with Crippen molar-refractivity contribution in [3.63, 3.8) is 0 Å². The van der Waals surface area contributed by atoms with Gasteiger partial charge in [0.25, 0.3) is 0 Å². The molecule has 0 bridgehead atoms. The molecule has 0 spiro atoms. The van der Waals surface area contributed by atoms with Crippen LogP contribution in [0.3, 0.4) is 0 Å². The van der Waals surface area contributed by atoms with Gasteiger partial charge in [-0.05, 0) is 32.0 Å². The fourth-order valence-corrected chi connectivity index (χ4v) is 3.77. The Morgan fingerprint density at radius 3 is 3.00 bits per heavy atom. The third-order valence-electron chi connectivity index (χ3n) is 4.19. The molecule has 3 rings (SSSR count). The summed E-state index contributed by atoms with van der Waals surface area (Å²) >= 11 is 1.69. The smallest absolute Gasteiger partial charge is 0.123 e. The Labute approximate surface area is 135 Å². The summed E-state index contributed by atoms with van der Waals surface area (Å²) in [6.07, 6.45) is 0.719. The number of rotatable bonds is 5. The van der Waals surface area contributed by atoms with Crippen molar-refractivity contribution < 1.29 is 5.11 Å². The van der Waals surface area contributed by atoms with Crippen LogP contribution in [0.5, 0.6) is 0 Å². The number of nitrogens with zero attached hydrogens (tertiary/aromatic N) is 2. The highest BCUT2D eigenvalue weighted by molar-refractivity contribution is 7.13. The summed E-state index contributed by atoms with van der Waals surface area (Å²) in [6, 6.07) is 8.88. The third kappa shape index (κ3) is 3.55. The quantitative estimate of drug-likeness (QED) is 0.889. The van der Waals surface area contributed by atoms with E-state index in [2.05, 4.69) is 44.8 Å². The number of β-amino-alcohol motifs (C(OH)–C–C–N with tert-alkyl or cyclic N) is 1. The lowest BCUT2D eigenvalue weighted by Crippen LogP contribution is -2.33. The van der Waals surface area contributed by atoms with E-state index in [1.54, 1.807) is 11.3 Å². The lowest BCUT2D eigenvalue weighted by atomic mass is 10.0. The van der Waals surface area contributed by atoms with E-state index in [0.29, 0.717) is 0 Å². The molecule has 2 atom stereocenters. The minimum absolute atomic E-state index is 0.165. The maximum absolute atomic E-state index is 9.68. The van der Waals surface area contributed by atoms with Crippen molar-refractivity contribution in [2.75, 3.05) is 26.7 Å². The lowest BCUT2D eigenvalue weighted by molar-refractivity contribution is 0.173. The van der Waals surface area contributed by atoms with Crippen LogP contribution in [0.2, 0.25) is 0 Å². The van der Waals surface area contributed by atoms with E-state index in [1.807, 2.05) is 14.0 Å². The molecular weight excluding hydrogens is 294 g/mol. The van der Waals surface area contributed by atoms with Gasteiger partial charge in [-0.3, -0.25) is 4.90 Å². The zero-order valence-corrected chi connectivity index (χ0v) is 13.9. The Morgan fingerprint density at radius 2 is 2.36 bits per heavy atom. The molecule has 1 aliphatic heterocycles. The number of thiazole rings is 1. The summed E-state index contributed by atoms with van der Waals surface area (Å²) in [5.41, 5.74) is 3.52. The van der Waals surface area contributed by atoms with E-state index in [1.165, 1.54) is 11.1 Å². The zero-order valence-electron chi connectivity index (χ0n) is 13.1. The van der Waals surface area contributed by atoms with Gasteiger partial charge in [-0.1, -0.05) is 18.2 Å². The van der Waals surface area contributed by atoms with Gasteiger partial charge in [-0.25, -0.2) is 4.98 Å². The van der Waals surface area contributed by atoms with E-state index < -0.39 is 0 Å². The summed E-state index contributed by atoms with van der Waals surface area (Å²) < 4.78 is 0. The van der Waals surface area contributed by atoms with Crippen molar-refractivity contribution in [1.82, 2.24) is 15.2 Å². The molecule has 2 aromatic rings. The van der Waals surface area contributed by atoms with Gasteiger partial charge in [0.05, 0.1) is 6.10 Å². The van der Waals surface area contributed by atoms with E-state index >= 15 is 0 Å². The minimum atomic E-state index is -0.165. The number of benzene rings is 1. The summed E-state index contributed by atoms with van der Waals surface area (Å²) in [6.45, 7) is 4.71. The van der Waals surface area contributed by atoms with E-state index in [-0.39, 0.29) is 12.1 Å². The molecule has 0 radical (unpaired) electrons. The van der Waals surface area contributed by atoms with E-state index in [9.17, 15) is 5.11 Å². The predicted molar refractivity (Wildman–Crippen MR) is 91.2 cm³/mol. The van der Waals surface area contributed by atoms with Crippen LogP contribution in [0.15, 0.2) is 29.6 Å². The normalized spacial score (nSPS) is 20.4. The molecule has 1 aliphatic rings. The topological polar surface area (TPSA) is 48.4 Å². The van der Waals surface area contributed by atoms with Crippen molar-refractivity contribution in [2.24, 2.45) is 0 Å². The number of aromatic nitrogens is 1. The highest BCUT2D eigenvalue weighted by atomic mass is 32.1. The molecule has 0 amide bonds. The van der Waals surface area contributed by atoms with Crippen LogP contribution >= 0.6 is 11.3 Å². The van der Waals surface area contributed by atoms with Crippen molar-refractivity contribution in [3.05, 3.63) is 40.9 Å². The summed E-state index contributed by atoms with van der Waals surface area (Å²) in [5, 5.41) is 16.2. The van der Waals surface area contributed by atoms with Crippen molar-refractivity contribution >= 4 is 11.3 Å². The molecule has 0 aliphatic carbocycles. The Morgan fingerprint density at radius 1 is 1.50 bits per heavy atom. The summed E-state index contributed by atoms with van der Waals surface area (Å²) in [7, 11) is 2.00. The highest BCUT2D eigenvalue weighted by Gasteiger charge is 2.23. The van der Waals surface area contributed by atoms with Gasteiger partial charge in [0, 0.05) is 42.3 Å². The van der Waals surface area contributed by atoms with E-state index in [0.717, 1.165) is 36.8 Å². The second-order valence-corrected chi connectivity index (χ2v) is 6.82. The summed E-state index contributed by atoms with van der Waals surface area (Å²) in [5.74, 6) is 0. The molecule has 1 aromatic heterocycles. The van der Waals surface area contributed by atoms with Crippen LogP contribution < -0.4 is 5.32 Å². The van der Waals surface area contributed by atoms with Crippen molar-refractivity contribution in [3.8, 4) is 10.6 Å². The Balaban J connectivity index is 1.77. The molecule has 0 saturated carbocycles. The largest absolute Gasteiger partial charge is 0.392 e. The molecule has 4 nitrogen and oxygen atoms in total. The van der Waals surface area contributed by atoms with Gasteiger partial charge in [0.2, 0.25) is 0 Å². The first-order chi connectivity index (χ1) is 10.7. The zero-order chi connectivity index (χ0) is 15.5. The standard InChI is InChI=1S/C17H23N3OS/c1-12-11-22-17(19-12)14-5-3-4-13(8-14)16(18-2)10-20-7-6-15(21)9-20/h3-5,8,11,15-16,18,21H,6-7,9-10H2,1-2H3/t15-,16-/m0/s1. The van der Waals surface area contributed by atoms with Gasteiger partial charge in [-0.2, -0.15) is 0 Å². The molecule has 2 N–H and O–H groups in total. The van der Waals surface area contributed by atoms with Crippen LogP contribution in [0.1, 0.15) is 23.7 Å². The molecule has 1 fully saturated rings. The Hall–Kier alpha value is -1.27. The number of aliphatic hydroxyl groups excluding tert-OH is 1. The molecule has 1 saturated heterocycles. The first-order valence-electron chi connectivity index (χ1n) is 7.76. The fraction of sp³-hybridized carbons (Fsp3) is 0.471. The first-order valence-corrected chi connectivity index (χ1v) is 8.64. The van der Waals surface area contributed by atoms with Gasteiger partial charge in [-0.15, -0.1) is 11.3 Å². The molecule has 2 heterocycles. The van der Waals surface area contributed by atoms with Gasteiger partial charge in [0.1, 0.15) is 5.01 Å². The number of aliphatic hydroxyl groups is 1. The van der Waals surface area contributed by atoms with Crippen LogP contribution in [-0.2, 0) is 0 Å². The Bertz CT molecular complexity index is 628. The minimum Gasteiger partial charge on any atom is -0.392 e. The van der Waals surface area contributed by atoms with Gasteiger partial charge >= 0.3 is 0 Å². The van der Waals surface area contributed by atoms with Crippen LogP contribution in [-0.4, -0.2) is 47.8 Å². The Kier molecular flexibility index (Phi) is 4.88. The van der Waals surface area contributed by atoms with Crippen LogP contribution in [0.4, 0.5) is 0 Å². The van der Waals surface area contributed by atoms with Gasteiger partial charge < -0.3 is 10.4 Å². The average Bonchev–Trinajstić information content (AvgIpc) is 3.13. The van der Waals surface area contributed by atoms with Crippen LogP contribution in [0.25, 0.3) is 10.6 Å². The number of aryl methyl sites for hydroxylation is 1. The van der Waals surface area contributed by atoms with Gasteiger partial charge in [0.15, 0.2) is 0 Å². The first kappa shape index (κ1) is 15.6. The molecule has 5 heteroatoms. The molecule has 0 unspecified atom stereocenters. The van der Waals surface area contributed by atoms with E-state index in [4.69, 9.17) is 0 Å². The molecule has 1 aromatic carbocycles. The maximum atomic E-state index is 9.68. The number of likely N-dealkylation sites (N-methyl/N-ethyl adjacent to an activating group) is 1. The second-order valence-electron chi connectivity index (χ2n) is 5.96. The fourth-order valence-electron chi connectivity index (χ4n) is 2.97. The summed E-state index contributed by atoms with van der Waals surface area (Å²) in [4.78, 5) is 6.90. The second kappa shape index (κ2) is 6.87. The SMILES string of the molecule is CN[C@@H](CN1CC[C@H](O)C1)c1cccc(-c2nc(C)cs2)c1. The highest BCUT2D eigenvalue weighted by Crippen LogP contribution is 2.27. The van der Waals surface area contributed by atoms with Crippen molar-refractivity contribution in [1.29, 1.82) is 0 Å². The lowest BCUT2D eigenvalue weighted by Gasteiger charge is -2.23. The average molecular weight is 317 g/mol. The molecule has 22 heavy (non-hydrogen) atoms. The number of nitrogens with one attached hydrogen (secondary N) is 1. The number of hydrogen-bond donors (Lipinski definition) is 2.